The molecular formula is C21H27N7O. The number of rotatable bonds is 6. The average molecular weight is 393 g/mol. The monoisotopic (exact) mass is 393 g/mol. The summed E-state index contributed by atoms with van der Waals surface area (Å²) in [6.45, 7) is 3.38. The molecule has 8 nitrogen and oxygen atoms in total. The lowest BCUT2D eigenvalue weighted by molar-refractivity contribution is 0.147. The van der Waals surface area contributed by atoms with Crippen LogP contribution < -0.4 is 10.9 Å². The topological polar surface area (TPSA) is 80.3 Å². The predicted molar refractivity (Wildman–Crippen MR) is 111 cm³/mol. The van der Waals surface area contributed by atoms with Crippen molar-refractivity contribution in [2.45, 2.75) is 51.1 Å². The van der Waals surface area contributed by atoms with Crippen LogP contribution in [0.15, 0.2) is 35.3 Å². The minimum atomic E-state index is 0.0345. The average Bonchev–Trinajstić information content (AvgIpc) is 3.37. The van der Waals surface area contributed by atoms with E-state index >= 15 is 0 Å². The van der Waals surface area contributed by atoms with E-state index in [2.05, 4.69) is 25.5 Å². The molecule has 1 aliphatic carbocycles. The summed E-state index contributed by atoms with van der Waals surface area (Å²) in [5.74, 6) is 0.780. The first-order valence-electron chi connectivity index (χ1n) is 10.7. The Kier molecular flexibility index (Phi) is 5.01. The Morgan fingerprint density at radius 3 is 3.03 bits per heavy atom. The first kappa shape index (κ1) is 18.3. The number of aromatic nitrogens is 5. The zero-order valence-electron chi connectivity index (χ0n) is 16.6. The van der Waals surface area contributed by atoms with Gasteiger partial charge in [0.05, 0.1) is 12.2 Å². The fraction of sp³-hybridized carbons (Fsp3) is 0.524. The number of likely N-dealkylation sites (tertiary alicyclic amines) is 1. The standard InChI is InChI=1S/C21H27N7O/c29-20-14-16-6-5-8-18(16)25-28(20)13-12-26-10-3-1-7-17(26)15-22-21-24-23-19-9-2-4-11-27(19)21/h2,4,9,11,14,17H,1,3,5-8,10,12-13,15H2,(H,22,24). The number of fused-ring (bicyclic) bond motifs is 2. The molecular weight excluding hydrogens is 366 g/mol. The highest BCUT2D eigenvalue weighted by Gasteiger charge is 2.23. The van der Waals surface area contributed by atoms with Crippen molar-refractivity contribution >= 4 is 11.6 Å². The molecule has 0 spiro atoms. The highest BCUT2D eigenvalue weighted by atomic mass is 16.1. The van der Waals surface area contributed by atoms with Crippen LogP contribution in [0, 0.1) is 0 Å². The molecule has 8 heteroatoms. The molecule has 1 aliphatic heterocycles. The largest absolute Gasteiger partial charge is 0.352 e. The minimum absolute atomic E-state index is 0.0345. The molecule has 3 aromatic heterocycles. The summed E-state index contributed by atoms with van der Waals surface area (Å²) >= 11 is 0. The molecule has 29 heavy (non-hydrogen) atoms. The number of piperidine rings is 1. The van der Waals surface area contributed by atoms with Crippen LogP contribution in [-0.2, 0) is 19.4 Å². The number of hydrogen-bond acceptors (Lipinski definition) is 6. The Bertz CT molecular complexity index is 1060. The summed E-state index contributed by atoms with van der Waals surface area (Å²) in [4.78, 5) is 14.9. The van der Waals surface area contributed by atoms with Crippen molar-refractivity contribution in [3.05, 3.63) is 52.1 Å². The van der Waals surface area contributed by atoms with Crippen LogP contribution in [0.25, 0.3) is 5.65 Å². The van der Waals surface area contributed by atoms with Crippen LogP contribution in [0.4, 0.5) is 5.95 Å². The van der Waals surface area contributed by atoms with E-state index in [1.807, 2.05) is 28.8 Å². The van der Waals surface area contributed by atoms with E-state index in [9.17, 15) is 4.79 Å². The lowest BCUT2D eigenvalue weighted by Gasteiger charge is -2.35. The maximum absolute atomic E-state index is 12.4. The Labute approximate surface area is 169 Å². The number of nitrogens with zero attached hydrogens (tertiary/aromatic N) is 6. The lowest BCUT2D eigenvalue weighted by atomic mass is 10.0. The van der Waals surface area contributed by atoms with E-state index in [1.54, 1.807) is 10.7 Å². The molecule has 1 N–H and O–H groups in total. The number of aryl methyl sites for hydroxylation is 2. The summed E-state index contributed by atoms with van der Waals surface area (Å²) in [6.07, 6.45) is 8.67. The second-order valence-corrected chi connectivity index (χ2v) is 8.05. The molecule has 0 saturated carbocycles. The number of hydrogen-bond donors (Lipinski definition) is 1. The van der Waals surface area contributed by atoms with Gasteiger partial charge in [0.15, 0.2) is 5.65 Å². The van der Waals surface area contributed by atoms with Crippen LogP contribution in [-0.4, -0.2) is 55.0 Å². The maximum Gasteiger partial charge on any atom is 0.267 e. The highest BCUT2D eigenvalue weighted by Crippen LogP contribution is 2.19. The van der Waals surface area contributed by atoms with Crippen molar-refractivity contribution in [1.29, 1.82) is 0 Å². The summed E-state index contributed by atoms with van der Waals surface area (Å²) in [5, 5.41) is 16.6. The van der Waals surface area contributed by atoms with Crippen molar-refractivity contribution in [3.8, 4) is 0 Å². The van der Waals surface area contributed by atoms with Gasteiger partial charge >= 0.3 is 0 Å². The number of anilines is 1. The molecule has 5 rings (SSSR count). The van der Waals surface area contributed by atoms with Crippen LogP contribution >= 0.6 is 0 Å². The van der Waals surface area contributed by atoms with Gasteiger partial charge in [0.2, 0.25) is 5.95 Å². The van der Waals surface area contributed by atoms with Crippen molar-refractivity contribution in [1.82, 2.24) is 29.3 Å². The van der Waals surface area contributed by atoms with Gasteiger partial charge in [-0.25, -0.2) is 4.68 Å². The van der Waals surface area contributed by atoms with Crippen LogP contribution in [0.2, 0.25) is 0 Å². The highest BCUT2D eigenvalue weighted by molar-refractivity contribution is 5.44. The quantitative estimate of drug-likeness (QED) is 0.687. The third-order valence-electron chi connectivity index (χ3n) is 6.18. The van der Waals surface area contributed by atoms with E-state index in [4.69, 9.17) is 0 Å². The van der Waals surface area contributed by atoms with Crippen molar-refractivity contribution in [3.63, 3.8) is 0 Å². The molecule has 1 fully saturated rings. The second-order valence-electron chi connectivity index (χ2n) is 8.05. The second kappa shape index (κ2) is 7.94. The summed E-state index contributed by atoms with van der Waals surface area (Å²) in [5.41, 5.74) is 3.14. The van der Waals surface area contributed by atoms with E-state index in [0.29, 0.717) is 12.6 Å². The van der Waals surface area contributed by atoms with Gasteiger partial charge in [-0.15, -0.1) is 10.2 Å². The van der Waals surface area contributed by atoms with Crippen molar-refractivity contribution in [2.75, 3.05) is 25.0 Å². The smallest absolute Gasteiger partial charge is 0.267 e. The van der Waals surface area contributed by atoms with Crippen LogP contribution in [0.1, 0.15) is 36.9 Å². The van der Waals surface area contributed by atoms with Crippen molar-refractivity contribution in [2.24, 2.45) is 0 Å². The van der Waals surface area contributed by atoms with Gasteiger partial charge in [0, 0.05) is 31.4 Å². The Morgan fingerprint density at radius 2 is 2.07 bits per heavy atom. The zero-order chi connectivity index (χ0) is 19.6. The van der Waals surface area contributed by atoms with E-state index in [-0.39, 0.29) is 5.56 Å². The van der Waals surface area contributed by atoms with Gasteiger partial charge in [-0.2, -0.15) is 5.10 Å². The molecule has 152 valence electrons. The number of nitrogens with one attached hydrogen (secondary N) is 1. The SMILES string of the molecule is O=c1cc2c(nn1CCN1CCCCC1CNc1nnc3ccccn13)CCC2. The molecule has 1 saturated heterocycles. The Balaban J connectivity index is 1.24. The van der Waals surface area contributed by atoms with Gasteiger partial charge < -0.3 is 5.32 Å². The molecule has 3 aromatic rings. The maximum atomic E-state index is 12.4. The molecule has 0 bridgehead atoms. The van der Waals surface area contributed by atoms with Gasteiger partial charge in [-0.1, -0.05) is 12.5 Å². The fourth-order valence-electron chi connectivity index (χ4n) is 4.58. The van der Waals surface area contributed by atoms with E-state index in [0.717, 1.165) is 68.2 Å². The van der Waals surface area contributed by atoms with Gasteiger partial charge in [0.1, 0.15) is 0 Å². The van der Waals surface area contributed by atoms with E-state index in [1.165, 1.54) is 12.8 Å². The first-order valence-corrected chi connectivity index (χ1v) is 10.7. The fourth-order valence-corrected chi connectivity index (χ4v) is 4.58. The molecule has 0 amide bonds. The molecule has 2 aliphatic rings. The molecule has 1 unspecified atom stereocenters. The summed E-state index contributed by atoms with van der Waals surface area (Å²) < 4.78 is 3.64. The van der Waals surface area contributed by atoms with Crippen LogP contribution in [0.3, 0.4) is 0 Å². The summed E-state index contributed by atoms with van der Waals surface area (Å²) in [7, 11) is 0. The van der Waals surface area contributed by atoms with Gasteiger partial charge in [-0.05, 0) is 56.3 Å². The van der Waals surface area contributed by atoms with Crippen LogP contribution in [0.5, 0.6) is 0 Å². The Morgan fingerprint density at radius 1 is 1.10 bits per heavy atom. The van der Waals surface area contributed by atoms with Crippen molar-refractivity contribution < 1.29 is 0 Å². The first-order chi connectivity index (χ1) is 14.3. The normalized spacial score (nSPS) is 19.5. The molecule has 1 atom stereocenters. The van der Waals surface area contributed by atoms with Gasteiger partial charge in [-0.3, -0.25) is 14.1 Å². The molecule has 0 aromatic carbocycles. The lowest BCUT2D eigenvalue weighted by Crippen LogP contribution is -2.45. The minimum Gasteiger partial charge on any atom is -0.352 e. The zero-order valence-corrected chi connectivity index (χ0v) is 16.6. The molecule has 4 heterocycles. The predicted octanol–water partition coefficient (Wildman–Crippen LogP) is 1.74. The van der Waals surface area contributed by atoms with E-state index < -0.39 is 0 Å². The summed E-state index contributed by atoms with van der Waals surface area (Å²) in [6, 6.07) is 8.11. The Hall–Kier alpha value is -2.74. The third kappa shape index (κ3) is 3.76. The third-order valence-corrected chi connectivity index (χ3v) is 6.18. The van der Waals surface area contributed by atoms with Gasteiger partial charge in [0.25, 0.3) is 5.56 Å². The molecule has 0 radical (unpaired) electrons. The number of pyridine rings is 1.